The van der Waals surface area contributed by atoms with Crippen molar-refractivity contribution in [2.75, 3.05) is 11.1 Å². The lowest BCUT2D eigenvalue weighted by molar-refractivity contribution is -0.113. The summed E-state index contributed by atoms with van der Waals surface area (Å²) >= 11 is 3.07. The minimum Gasteiger partial charge on any atom is -0.467 e. The van der Waals surface area contributed by atoms with E-state index in [2.05, 4.69) is 33.0 Å². The number of carbonyl (C=O) groups is 1. The normalized spacial score (nSPS) is 11.0. The van der Waals surface area contributed by atoms with E-state index in [4.69, 9.17) is 4.42 Å². The predicted molar refractivity (Wildman–Crippen MR) is 120 cm³/mol. The number of hydrogen-bond acceptors (Lipinski definition) is 6. The molecule has 30 heavy (non-hydrogen) atoms. The second-order valence-corrected chi connectivity index (χ2v) is 9.01. The lowest BCUT2D eigenvalue weighted by atomic mass is 10.1. The maximum atomic E-state index is 12.5. The van der Waals surface area contributed by atoms with Crippen LogP contribution in [-0.4, -0.2) is 26.4 Å². The van der Waals surface area contributed by atoms with E-state index in [-0.39, 0.29) is 11.7 Å². The van der Waals surface area contributed by atoms with Crippen molar-refractivity contribution in [1.82, 2.24) is 14.8 Å². The standard InChI is InChI=1S/C22H22N4O2S2/c1-15-9-16(2)11-17(10-15)23-21(27)14-30-22-25-24-20(12-19-6-4-8-29-19)26(22)13-18-5-3-7-28-18/h3-11H,12-14H2,1-2H3,(H,23,27). The first-order chi connectivity index (χ1) is 14.6. The van der Waals surface area contributed by atoms with Crippen LogP contribution in [0.3, 0.4) is 0 Å². The van der Waals surface area contributed by atoms with Gasteiger partial charge >= 0.3 is 0 Å². The molecule has 0 radical (unpaired) electrons. The van der Waals surface area contributed by atoms with Gasteiger partial charge in [-0.15, -0.1) is 21.5 Å². The molecule has 4 aromatic rings. The van der Waals surface area contributed by atoms with Crippen LogP contribution in [-0.2, 0) is 17.8 Å². The minimum atomic E-state index is -0.0719. The lowest BCUT2D eigenvalue weighted by Gasteiger charge is -2.09. The monoisotopic (exact) mass is 438 g/mol. The van der Waals surface area contributed by atoms with Crippen LogP contribution >= 0.6 is 23.1 Å². The average Bonchev–Trinajstić information content (AvgIpc) is 3.44. The molecule has 0 spiro atoms. The lowest BCUT2D eigenvalue weighted by Crippen LogP contribution is -2.15. The molecular weight excluding hydrogens is 416 g/mol. The number of nitrogens with zero attached hydrogens (tertiary/aromatic N) is 3. The zero-order valence-corrected chi connectivity index (χ0v) is 18.4. The van der Waals surface area contributed by atoms with Crippen molar-refractivity contribution >= 4 is 34.7 Å². The van der Waals surface area contributed by atoms with Crippen LogP contribution in [0, 0.1) is 13.8 Å². The van der Waals surface area contributed by atoms with Crippen molar-refractivity contribution in [2.45, 2.75) is 32.0 Å². The Morgan fingerprint density at radius 1 is 1.17 bits per heavy atom. The fourth-order valence-corrected chi connectivity index (χ4v) is 4.67. The van der Waals surface area contributed by atoms with E-state index >= 15 is 0 Å². The number of thioether (sulfide) groups is 1. The molecule has 4 rings (SSSR count). The SMILES string of the molecule is Cc1cc(C)cc(NC(=O)CSc2nnc(Cc3cccs3)n2Cc2ccco2)c1. The molecule has 0 atom stereocenters. The topological polar surface area (TPSA) is 73.0 Å². The van der Waals surface area contributed by atoms with E-state index in [9.17, 15) is 4.79 Å². The highest BCUT2D eigenvalue weighted by Gasteiger charge is 2.16. The van der Waals surface area contributed by atoms with Gasteiger partial charge in [0, 0.05) is 17.0 Å². The van der Waals surface area contributed by atoms with Gasteiger partial charge < -0.3 is 9.73 Å². The van der Waals surface area contributed by atoms with Gasteiger partial charge in [-0.3, -0.25) is 9.36 Å². The summed E-state index contributed by atoms with van der Waals surface area (Å²) in [6.07, 6.45) is 2.35. The van der Waals surface area contributed by atoms with E-state index in [1.165, 1.54) is 16.6 Å². The minimum absolute atomic E-state index is 0.0719. The number of aromatic nitrogens is 3. The number of aryl methyl sites for hydroxylation is 2. The number of nitrogens with one attached hydrogen (secondary N) is 1. The van der Waals surface area contributed by atoms with Crippen molar-refractivity contribution in [2.24, 2.45) is 0 Å². The average molecular weight is 439 g/mol. The molecule has 0 saturated heterocycles. The van der Waals surface area contributed by atoms with Crippen LogP contribution in [0.2, 0.25) is 0 Å². The van der Waals surface area contributed by atoms with E-state index in [0.717, 1.165) is 28.4 Å². The van der Waals surface area contributed by atoms with E-state index in [0.29, 0.717) is 18.1 Å². The highest BCUT2D eigenvalue weighted by atomic mass is 32.2. The Hall–Kier alpha value is -2.84. The molecule has 1 amide bonds. The van der Waals surface area contributed by atoms with Crippen LogP contribution < -0.4 is 5.32 Å². The third kappa shape index (κ3) is 5.20. The van der Waals surface area contributed by atoms with Crippen LogP contribution in [0.5, 0.6) is 0 Å². The number of hydrogen-bond donors (Lipinski definition) is 1. The number of rotatable bonds is 8. The molecule has 0 fully saturated rings. The molecule has 0 bridgehead atoms. The molecule has 6 nitrogen and oxygen atoms in total. The number of amides is 1. The van der Waals surface area contributed by atoms with Gasteiger partial charge in [-0.2, -0.15) is 0 Å². The molecule has 154 valence electrons. The van der Waals surface area contributed by atoms with Crippen molar-refractivity contribution in [1.29, 1.82) is 0 Å². The van der Waals surface area contributed by atoms with Crippen LogP contribution in [0.4, 0.5) is 5.69 Å². The molecule has 1 aromatic carbocycles. The van der Waals surface area contributed by atoms with Crippen molar-refractivity contribution in [3.8, 4) is 0 Å². The molecule has 0 aliphatic heterocycles. The van der Waals surface area contributed by atoms with E-state index in [1.807, 2.05) is 48.7 Å². The summed E-state index contributed by atoms with van der Waals surface area (Å²) in [6, 6.07) is 13.9. The smallest absolute Gasteiger partial charge is 0.234 e. The van der Waals surface area contributed by atoms with Crippen molar-refractivity contribution in [3.63, 3.8) is 0 Å². The molecule has 0 unspecified atom stereocenters. The summed E-state index contributed by atoms with van der Waals surface area (Å²) in [5, 5.41) is 14.4. The predicted octanol–water partition coefficient (Wildman–Crippen LogP) is 4.92. The fraction of sp³-hybridized carbons (Fsp3) is 0.227. The van der Waals surface area contributed by atoms with Gasteiger partial charge in [0.1, 0.15) is 11.6 Å². The fourth-order valence-electron chi connectivity index (χ4n) is 3.22. The van der Waals surface area contributed by atoms with Gasteiger partial charge in [0.15, 0.2) is 5.16 Å². The molecule has 3 aromatic heterocycles. The van der Waals surface area contributed by atoms with Crippen LogP contribution in [0.1, 0.15) is 27.6 Å². The zero-order chi connectivity index (χ0) is 20.9. The summed E-state index contributed by atoms with van der Waals surface area (Å²) in [5.41, 5.74) is 3.05. The number of thiophene rings is 1. The third-order valence-electron chi connectivity index (χ3n) is 4.44. The van der Waals surface area contributed by atoms with Gasteiger partial charge in [0.25, 0.3) is 0 Å². The van der Waals surface area contributed by atoms with Gasteiger partial charge in [-0.05, 0) is 60.7 Å². The number of furan rings is 1. The molecule has 0 saturated carbocycles. The Labute approximate surface area is 183 Å². The maximum Gasteiger partial charge on any atom is 0.234 e. The Bertz CT molecular complexity index is 1100. The first kappa shape index (κ1) is 20.4. The summed E-state index contributed by atoms with van der Waals surface area (Å²) in [7, 11) is 0. The molecule has 0 aliphatic rings. The number of benzene rings is 1. The van der Waals surface area contributed by atoms with Gasteiger partial charge in [-0.1, -0.05) is 23.9 Å². The molecule has 0 aliphatic carbocycles. The summed E-state index contributed by atoms with van der Waals surface area (Å²) in [4.78, 5) is 13.7. The Balaban J connectivity index is 1.47. The van der Waals surface area contributed by atoms with Gasteiger partial charge in [0.05, 0.1) is 18.6 Å². The first-order valence-corrected chi connectivity index (χ1v) is 11.4. The Morgan fingerprint density at radius 2 is 2.00 bits per heavy atom. The number of anilines is 1. The van der Waals surface area contributed by atoms with Gasteiger partial charge in [0.2, 0.25) is 5.91 Å². The second kappa shape index (κ2) is 9.32. The van der Waals surface area contributed by atoms with Gasteiger partial charge in [-0.25, -0.2) is 0 Å². The highest BCUT2D eigenvalue weighted by molar-refractivity contribution is 7.99. The van der Waals surface area contributed by atoms with Crippen molar-refractivity contribution < 1.29 is 9.21 Å². The first-order valence-electron chi connectivity index (χ1n) is 9.54. The Morgan fingerprint density at radius 3 is 2.70 bits per heavy atom. The summed E-state index contributed by atoms with van der Waals surface area (Å²) in [5.74, 6) is 1.86. The summed E-state index contributed by atoms with van der Waals surface area (Å²) in [6.45, 7) is 4.56. The molecule has 8 heteroatoms. The second-order valence-electron chi connectivity index (χ2n) is 7.03. The third-order valence-corrected chi connectivity index (χ3v) is 6.28. The molecular formula is C22H22N4O2S2. The van der Waals surface area contributed by atoms with E-state index in [1.54, 1.807) is 17.6 Å². The zero-order valence-electron chi connectivity index (χ0n) is 16.8. The van der Waals surface area contributed by atoms with Crippen LogP contribution in [0.25, 0.3) is 0 Å². The van der Waals surface area contributed by atoms with Crippen molar-refractivity contribution in [3.05, 3.63) is 81.7 Å². The van der Waals surface area contributed by atoms with Crippen LogP contribution in [0.15, 0.2) is 63.7 Å². The molecule has 1 N–H and O–H groups in total. The maximum absolute atomic E-state index is 12.5. The highest BCUT2D eigenvalue weighted by Crippen LogP contribution is 2.22. The Kier molecular flexibility index (Phi) is 6.35. The molecule has 3 heterocycles. The summed E-state index contributed by atoms with van der Waals surface area (Å²) < 4.78 is 7.54. The van der Waals surface area contributed by atoms with E-state index < -0.39 is 0 Å². The number of carbonyl (C=O) groups excluding carboxylic acids is 1. The quantitative estimate of drug-likeness (QED) is 0.395. The largest absolute Gasteiger partial charge is 0.467 e.